The van der Waals surface area contributed by atoms with Gasteiger partial charge >= 0.3 is 0 Å². The van der Waals surface area contributed by atoms with Gasteiger partial charge in [0.1, 0.15) is 5.75 Å². The number of amides is 1. The Kier molecular flexibility index (Phi) is 3.11. The predicted molar refractivity (Wildman–Crippen MR) is 91.4 cm³/mol. The van der Waals surface area contributed by atoms with E-state index in [1.165, 1.54) is 5.56 Å². The summed E-state index contributed by atoms with van der Waals surface area (Å²) in [5.74, 6) is 0.805. The van der Waals surface area contributed by atoms with E-state index in [0.29, 0.717) is 0 Å². The van der Waals surface area contributed by atoms with Crippen LogP contribution in [0.25, 0.3) is 10.9 Å². The minimum Gasteiger partial charge on any atom is -0.497 e. The van der Waals surface area contributed by atoms with Crippen LogP contribution in [0.3, 0.4) is 0 Å². The SMILES string of the molecule is COc1ccc2[nH]c(C)c(C(=O)N3CCc4ccccc43)c2c1. The molecule has 1 N–H and O–H groups in total. The lowest BCUT2D eigenvalue weighted by Gasteiger charge is -2.17. The number of H-pyrrole nitrogens is 1. The van der Waals surface area contributed by atoms with Crippen LogP contribution >= 0.6 is 0 Å². The molecule has 1 aliphatic heterocycles. The fraction of sp³-hybridized carbons (Fsp3) is 0.211. The molecular weight excluding hydrogens is 288 g/mol. The molecule has 23 heavy (non-hydrogen) atoms. The van der Waals surface area contributed by atoms with Crippen LogP contribution in [0.5, 0.6) is 5.75 Å². The number of benzene rings is 2. The van der Waals surface area contributed by atoms with Gasteiger partial charge in [-0.2, -0.15) is 0 Å². The second-order valence-corrected chi connectivity index (χ2v) is 5.87. The Labute approximate surface area is 134 Å². The highest BCUT2D eigenvalue weighted by Crippen LogP contribution is 2.32. The normalized spacial score (nSPS) is 13.4. The smallest absolute Gasteiger partial charge is 0.260 e. The molecule has 0 radical (unpaired) electrons. The number of aromatic amines is 1. The molecule has 4 heteroatoms. The van der Waals surface area contributed by atoms with Gasteiger partial charge in [-0.15, -0.1) is 0 Å². The maximum atomic E-state index is 13.2. The van der Waals surface area contributed by atoms with Gasteiger partial charge < -0.3 is 14.6 Å². The van der Waals surface area contributed by atoms with Gasteiger partial charge in [0.15, 0.2) is 0 Å². The van der Waals surface area contributed by atoms with E-state index in [2.05, 4.69) is 11.1 Å². The van der Waals surface area contributed by atoms with Crippen molar-refractivity contribution in [1.29, 1.82) is 0 Å². The summed E-state index contributed by atoms with van der Waals surface area (Å²) >= 11 is 0. The molecule has 4 nitrogen and oxygen atoms in total. The topological polar surface area (TPSA) is 45.3 Å². The third-order valence-corrected chi connectivity index (χ3v) is 4.54. The zero-order valence-corrected chi connectivity index (χ0v) is 13.2. The number of fused-ring (bicyclic) bond motifs is 2. The largest absolute Gasteiger partial charge is 0.497 e. The minimum absolute atomic E-state index is 0.0481. The quantitative estimate of drug-likeness (QED) is 0.785. The van der Waals surface area contributed by atoms with Gasteiger partial charge in [0.05, 0.1) is 12.7 Å². The molecule has 4 rings (SSSR count). The zero-order valence-electron chi connectivity index (χ0n) is 13.2. The molecule has 1 aromatic heterocycles. The third kappa shape index (κ3) is 2.10. The van der Waals surface area contributed by atoms with E-state index >= 15 is 0 Å². The van der Waals surface area contributed by atoms with Crippen LogP contribution in [0, 0.1) is 6.92 Å². The Morgan fingerprint density at radius 3 is 2.87 bits per heavy atom. The van der Waals surface area contributed by atoms with Crippen molar-refractivity contribution in [3.05, 3.63) is 59.3 Å². The van der Waals surface area contributed by atoms with Crippen molar-refractivity contribution >= 4 is 22.5 Å². The second kappa shape index (κ2) is 5.16. The van der Waals surface area contributed by atoms with Gasteiger partial charge in [0, 0.05) is 28.8 Å². The van der Waals surface area contributed by atoms with Crippen LogP contribution < -0.4 is 9.64 Å². The molecule has 0 atom stereocenters. The molecular formula is C19H18N2O2. The summed E-state index contributed by atoms with van der Waals surface area (Å²) in [4.78, 5) is 18.4. The van der Waals surface area contributed by atoms with Gasteiger partial charge in [-0.1, -0.05) is 18.2 Å². The Morgan fingerprint density at radius 2 is 2.04 bits per heavy atom. The van der Waals surface area contributed by atoms with Crippen molar-refractivity contribution in [3.63, 3.8) is 0 Å². The minimum atomic E-state index is 0.0481. The molecule has 0 bridgehead atoms. The zero-order chi connectivity index (χ0) is 16.0. The lowest BCUT2D eigenvalue weighted by atomic mass is 10.1. The van der Waals surface area contributed by atoms with E-state index in [0.717, 1.165) is 46.6 Å². The van der Waals surface area contributed by atoms with Gasteiger partial charge in [-0.3, -0.25) is 4.79 Å². The number of nitrogens with zero attached hydrogens (tertiary/aromatic N) is 1. The van der Waals surface area contributed by atoms with Crippen LogP contribution in [-0.4, -0.2) is 24.5 Å². The maximum Gasteiger partial charge on any atom is 0.260 e. The first-order valence-electron chi connectivity index (χ1n) is 7.75. The number of aryl methyl sites for hydroxylation is 1. The highest BCUT2D eigenvalue weighted by Gasteiger charge is 2.28. The fourth-order valence-corrected chi connectivity index (χ4v) is 3.39. The molecule has 2 aromatic carbocycles. The van der Waals surface area contributed by atoms with Crippen LogP contribution in [-0.2, 0) is 6.42 Å². The average Bonchev–Trinajstić information content (AvgIpc) is 3.13. The van der Waals surface area contributed by atoms with Gasteiger partial charge in [-0.05, 0) is 43.2 Å². The van der Waals surface area contributed by atoms with Crippen LogP contribution in [0.1, 0.15) is 21.6 Å². The van der Waals surface area contributed by atoms with Crippen molar-refractivity contribution in [1.82, 2.24) is 4.98 Å². The van der Waals surface area contributed by atoms with Gasteiger partial charge in [0.2, 0.25) is 0 Å². The monoisotopic (exact) mass is 306 g/mol. The summed E-state index contributed by atoms with van der Waals surface area (Å²) in [6.45, 7) is 2.68. The summed E-state index contributed by atoms with van der Waals surface area (Å²) in [5.41, 5.74) is 4.84. The number of hydrogen-bond donors (Lipinski definition) is 1. The summed E-state index contributed by atoms with van der Waals surface area (Å²) in [6.07, 6.45) is 0.909. The Hall–Kier alpha value is -2.75. The molecule has 3 aromatic rings. The lowest BCUT2D eigenvalue weighted by Crippen LogP contribution is -2.29. The molecule has 0 spiro atoms. The molecule has 0 aliphatic carbocycles. The van der Waals surface area contributed by atoms with Crippen LogP contribution in [0.15, 0.2) is 42.5 Å². The average molecular weight is 306 g/mol. The van der Waals surface area contributed by atoms with Crippen molar-refractivity contribution in [2.75, 3.05) is 18.6 Å². The summed E-state index contributed by atoms with van der Waals surface area (Å²) in [7, 11) is 1.64. The molecule has 116 valence electrons. The number of anilines is 1. The lowest BCUT2D eigenvalue weighted by molar-refractivity contribution is 0.0990. The van der Waals surface area contributed by atoms with Crippen molar-refractivity contribution in [2.24, 2.45) is 0 Å². The van der Waals surface area contributed by atoms with E-state index in [1.54, 1.807) is 7.11 Å². The summed E-state index contributed by atoms with van der Waals surface area (Å²) < 4.78 is 5.31. The Bertz CT molecular complexity index is 911. The predicted octanol–water partition coefficient (Wildman–Crippen LogP) is 3.69. The molecule has 0 fully saturated rings. The molecule has 1 amide bonds. The molecule has 2 heterocycles. The number of carbonyl (C=O) groups excluding carboxylic acids is 1. The number of carbonyl (C=O) groups is 1. The first-order chi connectivity index (χ1) is 11.2. The van der Waals surface area contributed by atoms with Gasteiger partial charge in [0.25, 0.3) is 5.91 Å². The van der Waals surface area contributed by atoms with E-state index in [9.17, 15) is 4.79 Å². The molecule has 0 saturated heterocycles. The molecule has 1 aliphatic rings. The van der Waals surface area contributed by atoms with Crippen molar-refractivity contribution in [2.45, 2.75) is 13.3 Å². The maximum absolute atomic E-state index is 13.2. The number of hydrogen-bond acceptors (Lipinski definition) is 2. The Balaban J connectivity index is 1.83. The number of rotatable bonds is 2. The van der Waals surface area contributed by atoms with Crippen LogP contribution in [0.4, 0.5) is 5.69 Å². The number of ether oxygens (including phenoxy) is 1. The highest BCUT2D eigenvalue weighted by atomic mass is 16.5. The number of methoxy groups -OCH3 is 1. The Morgan fingerprint density at radius 1 is 1.22 bits per heavy atom. The standard InChI is InChI=1S/C19H18N2O2/c1-12-18(15-11-14(23-2)7-8-16(15)20-12)19(22)21-10-9-13-5-3-4-6-17(13)21/h3-8,11,20H,9-10H2,1-2H3. The fourth-order valence-electron chi connectivity index (χ4n) is 3.39. The van der Waals surface area contributed by atoms with E-state index in [-0.39, 0.29) is 5.91 Å². The van der Waals surface area contributed by atoms with E-state index < -0.39 is 0 Å². The summed E-state index contributed by atoms with van der Waals surface area (Å²) in [6, 6.07) is 13.9. The van der Waals surface area contributed by atoms with Gasteiger partial charge in [-0.25, -0.2) is 0 Å². The molecule has 0 unspecified atom stereocenters. The molecule has 0 saturated carbocycles. The number of nitrogens with one attached hydrogen (secondary N) is 1. The number of para-hydroxylation sites is 1. The first kappa shape index (κ1) is 13.9. The second-order valence-electron chi connectivity index (χ2n) is 5.87. The first-order valence-corrected chi connectivity index (χ1v) is 7.75. The van der Waals surface area contributed by atoms with E-state index in [4.69, 9.17) is 4.74 Å². The van der Waals surface area contributed by atoms with Crippen molar-refractivity contribution < 1.29 is 9.53 Å². The highest BCUT2D eigenvalue weighted by molar-refractivity contribution is 6.15. The third-order valence-electron chi connectivity index (χ3n) is 4.54. The van der Waals surface area contributed by atoms with Crippen LogP contribution in [0.2, 0.25) is 0 Å². The van der Waals surface area contributed by atoms with E-state index in [1.807, 2.05) is 48.2 Å². The number of aromatic nitrogens is 1. The van der Waals surface area contributed by atoms with Crippen molar-refractivity contribution in [3.8, 4) is 5.75 Å². The summed E-state index contributed by atoms with van der Waals surface area (Å²) in [5, 5.41) is 0.913.